The lowest BCUT2D eigenvalue weighted by Crippen LogP contribution is -2.45. The van der Waals surface area contributed by atoms with E-state index in [1.165, 1.54) is 0 Å². The summed E-state index contributed by atoms with van der Waals surface area (Å²) in [4.78, 5) is 34.1. The summed E-state index contributed by atoms with van der Waals surface area (Å²) in [7, 11) is 0. The smallest absolute Gasteiger partial charge is 0.230 e. The fraction of sp³-hybridized carbons (Fsp3) is 0.750. The van der Waals surface area contributed by atoms with Gasteiger partial charge in [-0.3, -0.25) is 14.4 Å². The van der Waals surface area contributed by atoms with Crippen LogP contribution in [-0.2, 0) is 14.4 Å². The molecule has 0 fully saturated rings. The second-order valence-electron chi connectivity index (χ2n) is 4.65. The van der Waals surface area contributed by atoms with Gasteiger partial charge < -0.3 is 16.0 Å². The minimum Gasteiger partial charge on any atom is -0.354 e. The Balaban J connectivity index is 4.26. The Morgan fingerprint density at radius 2 is 1.55 bits per heavy atom. The van der Waals surface area contributed by atoms with Gasteiger partial charge in [0.25, 0.3) is 0 Å². The Kier molecular flexibility index (Phi) is 10.4. The Morgan fingerprint density at radius 3 is 2.05 bits per heavy atom. The third-order valence-corrected chi connectivity index (χ3v) is 2.94. The monoisotopic (exact) mass is 321 g/mol. The standard InChI is InChI=1S/C12H23N3O3S2/c1-8(2)14-10(16)4-3-9(15-12(18)7-20)5-13-11(17)6-19/h8-9,19-20H,3-7H2,1-2H3,(H,13,17)(H,14,16)(H,15,18). The third kappa shape index (κ3) is 9.96. The molecule has 0 radical (unpaired) electrons. The first-order chi connectivity index (χ1) is 9.38. The minimum absolute atomic E-state index is 0.0647. The molecule has 0 aromatic rings. The summed E-state index contributed by atoms with van der Waals surface area (Å²) in [5.41, 5.74) is 0. The number of rotatable bonds is 9. The molecule has 0 rings (SSSR count). The summed E-state index contributed by atoms with van der Waals surface area (Å²) >= 11 is 7.73. The largest absolute Gasteiger partial charge is 0.354 e. The molecule has 0 saturated carbocycles. The highest BCUT2D eigenvalue weighted by Gasteiger charge is 2.14. The highest BCUT2D eigenvalue weighted by molar-refractivity contribution is 7.81. The molecular formula is C12H23N3O3S2. The van der Waals surface area contributed by atoms with Gasteiger partial charge in [-0.25, -0.2) is 0 Å². The maximum Gasteiger partial charge on any atom is 0.230 e. The number of thiol groups is 2. The van der Waals surface area contributed by atoms with E-state index in [4.69, 9.17) is 0 Å². The Morgan fingerprint density at radius 1 is 0.950 bits per heavy atom. The number of hydrogen-bond donors (Lipinski definition) is 5. The minimum atomic E-state index is -0.295. The van der Waals surface area contributed by atoms with Crippen LogP contribution in [0.15, 0.2) is 0 Å². The van der Waals surface area contributed by atoms with E-state index < -0.39 is 0 Å². The summed E-state index contributed by atoms with van der Waals surface area (Å²) in [5, 5.41) is 8.13. The highest BCUT2D eigenvalue weighted by Crippen LogP contribution is 1.98. The van der Waals surface area contributed by atoms with Crippen LogP contribution in [0.5, 0.6) is 0 Å². The van der Waals surface area contributed by atoms with Crippen LogP contribution in [0.1, 0.15) is 26.7 Å². The first kappa shape index (κ1) is 19.1. The van der Waals surface area contributed by atoms with Crippen molar-refractivity contribution in [3.63, 3.8) is 0 Å². The second-order valence-corrected chi connectivity index (χ2v) is 5.28. The summed E-state index contributed by atoms with van der Waals surface area (Å²) in [5.74, 6) is -0.380. The fourth-order valence-corrected chi connectivity index (χ4v) is 1.69. The van der Waals surface area contributed by atoms with Crippen LogP contribution in [0.25, 0.3) is 0 Å². The van der Waals surface area contributed by atoms with E-state index in [0.29, 0.717) is 6.42 Å². The summed E-state index contributed by atoms with van der Waals surface area (Å²) in [6.45, 7) is 4.03. The maximum absolute atomic E-state index is 11.6. The van der Waals surface area contributed by atoms with Crippen LogP contribution in [-0.4, -0.2) is 47.9 Å². The molecule has 116 valence electrons. The lowest BCUT2D eigenvalue weighted by molar-refractivity contribution is -0.123. The van der Waals surface area contributed by atoms with Crippen molar-refractivity contribution < 1.29 is 14.4 Å². The molecule has 0 bridgehead atoms. The van der Waals surface area contributed by atoms with E-state index in [1.807, 2.05) is 13.8 Å². The molecule has 0 heterocycles. The van der Waals surface area contributed by atoms with Crippen molar-refractivity contribution in [2.75, 3.05) is 18.1 Å². The lowest BCUT2D eigenvalue weighted by Gasteiger charge is -2.19. The van der Waals surface area contributed by atoms with E-state index in [-0.39, 0.29) is 54.3 Å². The molecular weight excluding hydrogens is 298 g/mol. The van der Waals surface area contributed by atoms with Gasteiger partial charge >= 0.3 is 0 Å². The molecule has 0 aliphatic rings. The zero-order chi connectivity index (χ0) is 15.5. The van der Waals surface area contributed by atoms with Crippen LogP contribution < -0.4 is 16.0 Å². The Labute approximate surface area is 130 Å². The second kappa shape index (κ2) is 10.8. The van der Waals surface area contributed by atoms with Crippen molar-refractivity contribution in [3.8, 4) is 0 Å². The Hall–Kier alpha value is -0.890. The van der Waals surface area contributed by atoms with Crippen molar-refractivity contribution in [1.82, 2.24) is 16.0 Å². The molecule has 0 aliphatic heterocycles. The van der Waals surface area contributed by atoms with Crippen LogP contribution in [0.2, 0.25) is 0 Å². The molecule has 20 heavy (non-hydrogen) atoms. The first-order valence-electron chi connectivity index (χ1n) is 6.46. The van der Waals surface area contributed by atoms with E-state index in [1.54, 1.807) is 0 Å². The fourth-order valence-electron chi connectivity index (χ4n) is 1.49. The van der Waals surface area contributed by atoms with Gasteiger partial charge in [0.05, 0.1) is 11.5 Å². The van der Waals surface area contributed by atoms with Crippen molar-refractivity contribution >= 4 is 43.0 Å². The first-order valence-corrected chi connectivity index (χ1v) is 7.72. The van der Waals surface area contributed by atoms with E-state index in [9.17, 15) is 14.4 Å². The molecule has 1 atom stereocenters. The van der Waals surface area contributed by atoms with Crippen molar-refractivity contribution in [2.24, 2.45) is 0 Å². The zero-order valence-electron chi connectivity index (χ0n) is 11.8. The molecule has 0 aromatic heterocycles. The SMILES string of the molecule is CC(C)NC(=O)CCC(CNC(=O)CS)NC(=O)CS. The number of hydrogen-bond acceptors (Lipinski definition) is 5. The summed E-state index contributed by atoms with van der Waals surface area (Å²) in [6.07, 6.45) is 0.733. The summed E-state index contributed by atoms with van der Waals surface area (Å²) in [6, 6.07) is -0.215. The van der Waals surface area contributed by atoms with Gasteiger partial charge in [0.15, 0.2) is 0 Å². The normalized spacial score (nSPS) is 11.8. The summed E-state index contributed by atoms with van der Waals surface area (Å²) < 4.78 is 0. The average molecular weight is 321 g/mol. The van der Waals surface area contributed by atoms with Gasteiger partial charge in [0, 0.05) is 25.0 Å². The van der Waals surface area contributed by atoms with Crippen molar-refractivity contribution in [3.05, 3.63) is 0 Å². The number of amides is 3. The van der Waals surface area contributed by atoms with Gasteiger partial charge in [-0.1, -0.05) is 0 Å². The van der Waals surface area contributed by atoms with Crippen LogP contribution >= 0.6 is 25.3 Å². The lowest BCUT2D eigenvalue weighted by atomic mass is 10.1. The molecule has 0 spiro atoms. The number of nitrogens with one attached hydrogen (secondary N) is 3. The molecule has 1 unspecified atom stereocenters. The number of carbonyl (C=O) groups excluding carboxylic acids is 3. The van der Waals surface area contributed by atoms with Crippen molar-refractivity contribution in [2.45, 2.75) is 38.8 Å². The van der Waals surface area contributed by atoms with Gasteiger partial charge in [0.2, 0.25) is 17.7 Å². The van der Waals surface area contributed by atoms with Crippen LogP contribution in [0, 0.1) is 0 Å². The quantitative estimate of drug-likeness (QED) is 0.380. The predicted octanol–water partition coefficient (Wildman–Crippen LogP) is -0.248. The van der Waals surface area contributed by atoms with Gasteiger partial charge in [-0.2, -0.15) is 25.3 Å². The topological polar surface area (TPSA) is 87.3 Å². The molecule has 6 nitrogen and oxygen atoms in total. The van der Waals surface area contributed by atoms with E-state index in [2.05, 4.69) is 41.2 Å². The predicted molar refractivity (Wildman–Crippen MR) is 85.2 cm³/mol. The molecule has 3 N–H and O–H groups in total. The van der Waals surface area contributed by atoms with Gasteiger partial charge in [-0.05, 0) is 20.3 Å². The molecule has 3 amide bonds. The van der Waals surface area contributed by atoms with Crippen molar-refractivity contribution in [1.29, 1.82) is 0 Å². The van der Waals surface area contributed by atoms with Crippen LogP contribution in [0.4, 0.5) is 0 Å². The van der Waals surface area contributed by atoms with E-state index in [0.717, 1.165) is 0 Å². The molecule has 0 saturated heterocycles. The maximum atomic E-state index is 11.6. The third-order valence-electron chi connectivity index (χ3n) is 2.37. The molecule has 0 aromatic carbocycles. The zero-order valence-corrected chi connectivity index (χ0v) is 13.6. The average Bonchev–Trinajstić information content (AvgIpc) is 2.40. The van der Waals surface area contributed by atoms with E-state index >= 15 is 0 Å². The van der Waals surface area contributed by atoms with Gasteiger partial charge in [-0.15, -0.1) is 0 Å². The van der Waals surface area contributed by atoms with Gasteiger partial charge in [0.1, 0.15) is 0 Å². The highest BCUT2D eigenvalue weighted by atomic mass is 32.1. The number of carbonyl (C=O) groups is 3. The molecule has 0 aliphatic carbocycles. The molecule has 8 heteroatoms. The van der Waals surface area contributed by atoms with Crippen LogP contribution in [0.3, 0.4) is 0 Å². The Bertz CT molecular complexity index is 338.